The van der Waals surface area contributed by atoms with Crippen LogP contribution in [0.15, 0.2) is 131 Å². The number of rotatable bonds is 18. The van der Waals surface area contributed by atoms with Gasteiger partial charge in [-0.05, 0) is 72.6 Å². The van der Waals surface area contributed by atoms with E-state index in [0.29, 0.717) is 22.3 Å². The number of carbonyl (C=O) groups excluding carboxylic acids is 7. The third-order valence-corrected chi connectivity index (χ3v) is 12.7. The molecule has 15 N–H and O–H groups in total. The minimum Gasteiger partial charge on any atom is -0.370 e. The summed E-state index contributed by atoms with van der Waals surface area (Å²) in [5.41, 5.74) is 25.1. The van der Waals surface area contributed by atoms with Gasteiger partial charge in [-0.15, -0.1) is 0 Å². The van der Waals surface area contributed by atoms with Gasteiger partial charge in [0.1, 0.15) is 36.3 Å². The lowest BCUT2D eigenvalue weighted by molar-refractivity contribution is -0.135. The fourth-order valence-corrected chi connectivity index (χ4v) is 9.18. The number of nitrogens with two attached hydrogens (primary N) is 4. The highest BCUT2D eigenvalue weighted by Crippen LogP contribution is 2.31. The Hall–Kier alpha value is -8.29. The molecule has 0 radical (unpaired) electrons. The molecule has 4 aromatic rings. The third kappa shape index (κ3) is 18.3. The van der Waals surface area contributed by atoms with Crippen LogP contribution in [0.25, 0.3) is 0 Å². The van der Waals surface area contributed by atoms with Crippen LogP contribution in [-0.2, 0) is 33.6 Å². The number of carbonyl (C=O) groups is 7. The van der Waals surface area contributed by atoms with Gasteiger partial charge >= 0.3 is 0 Å². The van der Waals surface area contributed by atoms with Crippen LogP contribution in [0.5, 0.6) is 0 Å². The minimum absolute atomic E-state index is 0.00218. The van der Waals surface area contributed by atoms with Crippen molar-refractivity contribution in [2.45, 2.75) is 114 Å². The van der Waals surface area contributed by atoms with Gasteiger partial charge in [-0.2, -0.15) is 0 Å². The molecule has 0 unspecified atom stereocenters. The Morgan fingerprint density at radius 3 is 1.09 bits per heavy atom. The molecule has 20 nitrogen and oxygen atoms in total. The summed E-state index contributed by atoms with van der Waals surface area (Å²) in [6.07, 6.45) is 0.633. The van der Waals surface area contributed by atoms with Crippen molar-refractivity contribution in [3.05, 3.63) is 144 Å². The lowest BCUT2D eigenvalue weighted by atomic mass is 9.84. The molecule has 1 heterocycles. The van der Waals surface area contributed by atoms with E-state index in [4.69, 9.17) is 22.9 Å². The minimum atomic E-state index is -1.42. The molecule has 0 aromatic heterocycles. The molecule has 20 heteroatoms. The Kier molecular flexibility index (Phi) is 22.8. The highest BCUT2D eigenvalue weighted by molar-refractivity contribution is 5.99. The van der Waals surface area contributed by atoms with Crippen molar-refractivity contribution >= 4 is 53.3 Å². The molecule has 1 aliphatic rings. The summed E-state index contributed by atoms with van der Waals surface area (Å²) in [4.78, 5) is 111. The van der Waals surface area contributed by atoms with Crippen LogP contribution < -0.4 is 60.2 Å². The van der Waals surface area contributed by atoms with E-state index in [9.17, 15) is 28.8 Å². The van der Waals surface area contributed by atoms with Crippen LogP contribution in [0, 0.1) is 11.8 Å². The lowest BCUT2D eigenvalue weighted by Gasteiger charge is -2.32. The second kappa shape index (κ2) is 29.6. The molecular formula is C56H75N13O7. The summed E-state index contributed by atoms with van der Waals surface area (Å²) < 4.78 is 0. The van der Waals surface area contributed by atoms with E-state index in [1.807, 2.05) is 100 Å². The molecule has 4 aromatic carbocycles. The van der Waals surface area contributed by atoms with Crippen molar-refractivity contribution in [2.24, 2.45) is 44.8 Å². The van der Waals surface area contributed by atoms with Crippen molar-refractivity contribution in [1.82, 2.24) is 37.2 Å². The van der Waals surface area contributed by atoms with E-state index in [1.165, 1.54) is 0 Å². The summed E-state index contributed by atoms with van der Waals surface area (Å²) in [5.74, 6) is -7.49. The van der Waals surface area contributed by atoms with Crippen LogP contribution in [0.4, 0.5) is 0 Å². The summed E-state index contributed by atoms with van der Waals surface area (Å²) in [7, 11) is 0. The van der Waals surface area contributed by atoms with Gasteiger partial charge in [-0.1, -0.05) is 149 Å². The van der Waals surface area contributed by atoms with Gasteiger partial charge in [0.2, 0.25) is 41.4 Å². The molecule has 0 aliphatic carbocycles. The topological polar surface area (TPSA) is 332 Å². The highest BCUT2D eigenvalue weighted by Gasteiger charge is 2.39. The van der Waals surface area contributed by atoms with E-state index < -0.39 is 96.0 Å². The Bertz CT molecular complexity index is 2520. The number of amides is 7. The number of guanidine groups is 2. The van der Waals surface area contributed by atoms with E-state index in [1.54, 1.807) is 48.5 Å². The molecule has 76 heavy (non-hydrogen) atoms. The predicted octanol–water partition coefficient (Wildman–Crippen LogP) is 1.89. The Labute approximate surface area is 444 Å². The van der Waals surface area contributed by atoms with E-state index in [0.717, 1.165) is 0 Å². The zero-order valence-electron chi connectivity index (χ0n) is 43.7. The molecule has 0 saturated carbocycles. The van der Waals surface area contributed by atoms with Gasteiger partial charge in [0.05, 0.1) is 6.54 Å². The summed E-state index contributed by atoms with van der Waals surface area (Å²) in [5, 5.41) is 20.0. The number of nitrogens with zero attached hydrogens (tertiary/aromatic N) is 2. The number of aliphatic imine (C=N–C) groups is 2. The van der Waals surface area contributed by atoms with Gasteiger partial charge in [-0.3, -0.25) is 43.5 Å². The normalized spacial score (nSPS) is 20.5. The average Bonchev–Trinajstić information content (AvgIpc) is 3.40. The predicted molar refractivity (Wildman–Crippen MR) is 293 cm³/mol. The van der Waals surface area contributed by atoms with Gasteiger partial charge in [0.25, 0.3) is 0 Å². The first-order valence-electron chi connectivity index (χ1n) is 25.8. The molecule has 0 spiro atoms. The average molecular weight is 1040 g/mol. The zero-order chi connectivity index (χ0) is 55.1. The Morgan fingerprint density at radius 1 is 0.434 bits per heavy atom. The largest absolute Gasteiger partial charge is 0.370 e. The molecule has 5 rings (SSSR count). The highest BCUT2D eigenvalue weighted by atomic mass is 16.2. The van der Waals surface area contributed by atoms with E-state index in [2.05, 4.69) is 47.2 Å². The van der Waals surface area contributed by atoms with Gasteiger partial charge in [-0.25, -0.2) is 0 Å². The number of hydrogen-bond acceptors (Lipinski definition) is 9. The lowest BCUT2D eigenvalue weighted by Crippen LogP contribution is -2.61. The van der Waals surface area contributed by atoms with Gasteiger partial charge in [0, 0.05) is 24.9 Å². The second-order valence-corrected chi connectivity index (χ2v) is 19.7. The number of benzene rings is 4. The van der Waals surface area contributed by atoms with Crippen LogP contribution >= 0.6 is 0 Å². The standard InChI is InChI=1S/C56H75N13O7/c1-34(2)31-42-51(73)65-41(28-18-30-62-56(59)60)50(72)69-48(46(38-23-13-7-14-24-38)39-25-15-8-16-26-39)54(76)67-43(32-35(3)4)52(74)66-40(27-17-29-61-55(57)58)49(71)68-47(53(75)63-33-44(70)64-42)45(36-19-9-5-10-20-36)37-21-11-6-12-22-37/h5-16,19-26,34-35,40-43,45-48H,17-18,27-33H2,1-4H3,(H,63,75)(H,64,70)(H,65,73)(H,66,74)(H,67,76)(H,68,71)(H,69,72)(H4,57,58,61)(H4,59,60,62)/t40-,41-,42-,43-,47-,48-/m0/s1. The second-order valence-electron chi connectivity index (χ2n) is 19.7. The molecule has 1 fully saturated rings. The first-order chi connectivity index (χ1) is 36.4. The molecule has 6 atom stereocenters. The smallest absolute Gasteiger partial charge is 0.244 e. The number of hydrogen-bond donors (Lipinski definition) is 11. The summed E-state index contributed by atoms with van der Waals surface area (Å²) in [6.45, 7) is 7.03. The molecule has 1 aliphatic heterocycles. The first kappa shape index (κ1) is 58.6. The SMILES string of the molecule is CC(C)C[C@@H]1NC(=O)CNC(=O)[C@H](C(c2ccccc2)c2ccccc2)NC(=O)[C@H](CCCN=C(N)N)NC(=O)[C@H](CC(C)C)NC(=O)[C@H](C(c2ccccc2)c2ccccc2)NC(=O)[C@H](CCCN=C(N)N)NC1=O. The van der Waals surface area contributed by atoms with E-state index in [-0.39, 0.29) is 75.4 Å². The molecule has 0 bridgehead atoms. The Balaban J connectivity index is 1.69. The third-order valence-electron chi connectivity index (χ3n) is 12.7. The quantitative estimate of drug-likeness (QED) is 0.0388. The maximum Gasteiger partial charge on any atom is 0.244 e. The fraction of sp³-hybridized carbons (Fsp3) is 0.411. The van der Waals surface area contributed by atoms with Crippen LogP contribution in [0.1, 0.15) is 100 Å². The number of nitrogens with one attached hydrogen (secondary N) is 7. The molecule has 1 saturated heterocycles. The summed E-state index contributed by atoms with van der Waals surface area (Å²) >= 11 is 0. The van der Waals surface area contributed by atoms with Crippen molar-refractivity contribution in [3.63, 3.8) is 0 Å². The van der Waals surface area contributed by atoms with Crippen LogP contribution in [-0.4, -0.2) is 109 Å². The first-order valence-corrected chi connectivity index (χ1v) is 25.8. The van der Waals surface area contributed by atoms with Crippen molar-refractivity contribution in [2.75, 3.05) is 19.6 Å². The van der Waals surface area contributed by atoms with E-state index >= 15 is 4.79 Å². The monoisotopic (exact) mass is 1040 g/mol. The Morgan fingerprint density at radius 2 is 0.750 bits per heavy atom. The van der Waals surface area contributed by atoms with Crippen molar-refractivity contribution < 1.29 is 33.6 Å². The van der Waals surface area contributed by atoms with Crippen molar-refractivity contribution in [3.8, 4) is 0 Å². The maximum atomic E-state index is 15.3. The summed E-state index contributed by atoms with van der Waals surface area (Å²) in [6, 6.07) is 28.3. The fourth-order valence-electron chi connectivity index (χ4n) is 9.18. The van der Waals surface area contributed by atoms with Gasteiger partial charge < -0.3 is 60.2 Å². The molecular weight excluding hydrogens is 967 g/mol. The zero-order valence-corrected chi connectivity index (χ0v) is 43.7. The molecule has 7 amide bonds. The van der Waals surface area contributed by atoms with Crippen LogP contribution in [0.3, 0.4) is 0 Å². The molecule has 406 valence electrons. The van der Waals surface area contributed by atoms with Gasteiger partial charge in [0.15, 0.2) is 11.9 Å². The van der Waals surface area contributed by atoms with Crippen LogP contribution in [0.2, 0.25) is 0 Å². The maximum absolute atomic E-state index is 15.3. The van der Waals surface area contributed by atoms with Crippen molar-refractivity contribution in [1.29, 1.82) is 0 Å².